The first-order valence-electron chi connectivity index (χ1n) is 17.8. The van der Waals surface area contributed by atoms with Crippen molar-refractivity contribution in [3.8, 4) is 18.2 Å². The molecule has 51 heavy (non-hydrogen) atoms. The molecular weight excluding hydrogens is 623 g/mol. The van der Waals surface area contributed by atoms with E-state index in [4.69, 9.17) is 6.57 Å². The fourth-order valence-electron chi connectivity index (χ4n) is 10.8. The predicted octanol–water partition coefficient (Wildman–Crippen LogP) is 8.40. The van der Waals surface area contributed by atoms with Crippen LogP contribution in [0.3, 0.4) is 0 Å². The Labute approximate surface area is 298 Å². The molecule has 4 bridgehead atoms. The summed E-state index contributed by atoms with van der Waals surface area (Å²) in [6, 6.07) is 39.5. The lowest BCUT2D eigenvalue weighted by atomic mass is 9.33. The maximum Gasteiger partial charge on any atom is 0.252 e. The number of benzene rings is 5. The quantitative estimate of drug-likeness (QED) is 0.141. The van der Waals surface area contributed by atoms with Crippen molar-refractivity contribution in [2.24, 2.45) is 17.8 Å². The summed E-state index contributed by atoms with van der Waals surface area (Å²) in [5, 5.41) is 29.9. The van der Waals surface area contributed by atoms with Crippen LogP contribution < -0.4 is 26.2 Å². The molecule has 6 nitrogen and oxygen atoms in total. The van der Waals surface area contributed by atoms with Crippen LogP contribution in [-0.2, 0) is 5.41 Å². The normalized spacial score (nSPS) is 22.9. The Morgan fingerprint density at radius 2 is 1.04 bits per heavy atom. The minimum atomic E-state index is -0.222. The second-order valence-electron chi connectivity index (χ2n) is 15.3. The number of rotatable bonds is 3. The van der Waals surface area contributed by atoms with Gasteiger partial charge in [0, 0.05) is 34.1 Å². The number of fused-ring (bicyclic) bond motifs is 4. The summed E-state index contributed by atoms with van der Waals surface area (Å²) in [6.07, 6.45) is 7.75. The van der Waals surface area contributed by atoms with E-state index in [0.717, 1.165) is 68.3 Å². The first kappa shape index (κ1) is 29.6. The number of hydrogen-bond donors (Lipinski definition) is 0. The van der Waals surface area contributed by atoms with E-state index in [1.165, 1.54) is 44.1 Å². The Hall–Kier alpha value is -6.28. The standard InChI is InChI=1S/C44H31BN6/c1-49-34-6-10-36(11-7-34)51-40-13-5-29(26-48)18-38(40)45-37-17-28(25-47)4-12-39(37)50(35-8-2-27(24-46)3-9-35)41-19-33(20-42(51)43(41)45)44-21-30-14-31(22-44)16-32(15-30)23-44/h2-13,17-20,30-32H,14-16,21-23H2. The van der Waals surface area contributed by atoms with Crippen LogP contribution in [0.4, 0.5) is 39.8 Å². The van der Waals surface area contributed by atoms with Gasteiger partial charge in [0.15, 0.2) is 5.69 Å². The van der Waals surface area contributed by atoms with Gasteiger partial charge in [-0.1, -0.05) is 12.1 Å². The molecule has 6 aliphatic rings. The van der Waals surface area contributed by atoms with E-state index in [-0.39, 0.29) is 12.1 Å². The molecule has 4 saturated carbocycles. The van der Waals surface area contributed by atoms with Gasteiger partial charge in [0.25, 0.3) is 6.71 Å². The molecule has 0 N–H and O–H groups in total. The van der Waals surface area contributed by atoms with Gasteiger partial charge in [-0.05, 0) is 169 Å². The lowest BCUT2D eigenvalue weighted by Crippen LogP contribution is -2.61. The minimum Gasteiger partial charge on any atom is -0.312 e. The predicted molar refractivity (Wildman–Crippen MR) is 201 cm³/mol. The van der Waals surface area contributed by atoms with Crippen LogP contribution in [-0.4, -0.2) is 6.71 Å². The van der Waals surface area contributed by atoms with Crippen LogP contribution in [0.25, 0.3) is 4.85 Å². The van der Waals surface area contributed by atoms with Gasteiger partial charge in [0.1, 0.15) is 0 Å². The van der Waals surface area contributed by atoms with Crippen LogP contribution in [0, 0.1) is 58.3 Å². The minimum absolute atomic E-state index is 0.113. The summed E-state index contributed by atoms with van der Waals surface area (Å²) in [4.78, 5) is 8.34. The molecule has 2 aliphatic heterocycles. The fraction of sp³-hybridized carbons (Fsp3) is 0.227. The molecule has 240 valence electrons. The maximum absolute atomic E-state index is 10.1. The number of nitrogens with zero attached hydrogens (tertiary/aromatic N) is 6. The first-order valence-corrected chi connectivity index (χ1v) is 17.8. The van der Waals surface area contributed by atoms with Crippen molar-refractivity contribution in [1.29, 1.82) is 15.8 Å². The largest absolute Gasteiger partial charge is 0.312 e. The number of hydrogen-bond acceptors (Lipinski definition) is 5. The zero-order chi connectivity index (χ0) is 34.4. The van der Waals surface area contributed by atoms with E-state index in [2.05, 4.69) is 57.1 Å². The zero-order valence-electron chi connectivity index (χ0n) is 28.0. The van der Waals surface area contributed by atoms with E-state index in [9.17, 15) is 15.8 Å². The molecule has 0 aromatic heterocycles. The number of nitriles is 3. The van der Waals surface area contributed by atoms with E-state index in [1.54, 1.807) is 0 Å². The first-order chi connectivity index (χ1) is 25.0. The van der Waals surface area contributed by atoms with E-state index < -0.39 is 0 Å². The van der Waals surface area contributed by atoms with Crippen molar-refractivity contribution < 1.29 is 0 Å². The third-order valence-corrected chi connectivity index (χ3v) is 12.5. The summed E-state index contributed by atoms with van der Waals surface area (Å²) in [6.45, 7) is 7.40. The van der Waals surface area contributed by atoms with Gasteiger partial charge in [-0.2, -0.15) is 15.8 Å². The van der Waals surface area contributed by atoms with Gasteiger partial charge >= 0.3 is 0 Å². The summed E-state index contributed by atoms with van der Waals surface area (Å²) >= 11 is 0. The van der Waals surface area contributed by atoms with Gasteiger partial charge in [0.2, 0.25) is 0 Å². The molecule has 0 saturated heterocycles. The summed E-state index contributed by atoms with van der Waals surface area (Å²) in [7, 11) is 0. The topological polar surface area (TPSA) is 82.2 Å². The third kappa shape index (κ3) is 4.32. The Balaban J connectivity index is 1.31. The van der Waals surface area contributed by atoms with Gasteiger partial charge in [0.05, 0.1) is 41.5 Å². The van der Waals surface area contributed by atoms with Crippen molar-refractivity contribution in [3.05, 3.63) is 131 Å². The third-order valence-electron chi connectivity index (χ3n) is 12.5. The van der Waals surface area contributed by atoms with E-state index in [1.807, 2.05) is 72.8 Å². The molecule has 7 heteroatoms. The van der Waals surface area contributed by atoms with Crippen LogP contribution in [0.5, 0.6) is 0 Å². The highest BCUT2D eigenvalue weighted by Gasteiger charge is 2.53. The van der Waals surface area contributed by atoms with Gasteiger partial charge in [-0.15, -0.1) is 0 Å². The maximum atomic E-state index is 10.1. The van der Waals surface area contributed by atoms with Gasteiger partial charge in [-0.3, -0.25) is 0 Å². The van der Waals surface area contributed by atoms with E-state index >= 15 is 0 Å². The smallest absolute Gasteiger partial charge is 0.252 e. The van der Waals surface area contributed by atoms with Crippen LogP contribution in [0.1, 0.15) is 60.8 Å². The van der Waals surface area contributed by atoms with Crippen molar-refractivity contribution in [1.82, 2.24) is 0 Å². The van der Waals surface area contributed by atoms with Crippen molar-refractivity contribution in [2.75, 3.05) is 9.80 Å². The molecule has 0 unspecified atom stereocenters. The fourth-order valence-corrected chi connectivity index (χ4v) is 10.8. The molecule has 11 rings (SSSR count). The van der Waals surface area contributed by atoms with Crippen molar-refractivity contribution in [2.45, 2.75) is 43.9 Å². The monoisotopic (exact) mass is 654 g/mol. The van der Waals surface area contributed by atoms with E-state index in [0.29, 0.717) is 22.4 Å². The Morgan fingerprint density at radius 1 is 0.588 bits per heavy atom. The van der Waals surface area contributed by atoms with Crippen LogP contribution in [0.2, 0.25) is 0 Å². The molecule has 2 heterocycles. The molecule has 0 radical (unpaired) electrons. The van der Waals surface area contributed by atoms with Crippen LogP contribution in [0.15, 0.2) is 97.1 Å². The Bertz CT molecular complexity index is 2290. The van der Waals surface area contributed by atoms with Crippen molar-refractivity contribution >= 4 is 62.9 Å². The van der Waals surface area contributed by atoms with Gasteiger partial charge < -0.3 is 9.80 Å². The number of anilines is 6. The molecule has 4 fully saturated rings. The van der Waals surface area contributed by atoms with Crippen LogP contribution >= 0.6 is 0 Å². The van der Waals surface area contributed by atoms with Gasteiger partial charge in [-0.25, -0.2) is 4.85 Å². The highest BCUT2D eigenvalue weighted by atomic mass is 15.2. The highest BCUT2D eigenvalue weighted by Crippen LogP contribution is 2.61. The molecule has 4 aliphatic carbocycles. The summed E-state index contributed by atoms with van der Waals surface area (Å²) in [5.74, 6) is 2.33. The lowest BCUT2D eigenvalue weighted by molar-refractivity contribution is -0.00514. The van der Waals surface area contributed by atoms with Crippen molar-refractivity contribution in [3.63, 3.8) is 0 Å². The highest BCUT2D eigenvalue weighted by molar-refractivity contribution is 7.00. The average Bonchev–Trinajstić information content (AvgIpc) is 3.17. The lowest BCUT2D eigenvalue weighted by Gasteiger charge is -2.57. The average molecular weight is 655 g/mol. The Morgan fingerprint density at radius 3 is 1.49 bits per heavy atom. The molecular formula is C44H31BN6. The zero-order valence-corrected chi connectivity index (χ0v) is 28.0. The Kier molecular flexibility index (Phi) is 6.31. The second-order valence-corrected chi connectivity index (χ2v) is 15.3. The SMILES string of the molecule is [C-]#[N+]c1ccc(N2c3ccc(C#N)cc3B3c4cc(C#N)ccc4N(c4ccc(C#N)cc4)c4cc(C56CC7CC(CC(C7)C5)C6)cc2c43)cc1. The molecule has 5 aromatic rings. The summed E-state index contributed by atoms with van der Waals surface area (Å²) < 4.78 is 0. The summed E-state index contributed by atoms with van der Waals surface area (Å²) in [5.41, 5.74) is 13.1. The second kappa shape index (κ2) is 10.9. The molecule has 5 aromatic carbocycles. The molecule has 0 amide bonds. The molecule has 0 atom stereocenters. The molecule has 0 spiro atoms.